The van der Waals surface area contributed by atoms with Crippen molar-refractivity contribution in [1.82, 2.24) is 5.32 Å². The highest BCUT2D eigenvalue weighted by Crippen LogP contribution is 2.36. The Kier molecular flexibility index (Phi) is 4.19. The monoisotopic (exact) mass is 212 g/mol. The van der Waals surface area contributed by atoms with Crippen LogP contribution in [0, 0.1) is 10.8 Å². The van der Waals surface area contributed by atoms with Crippen LogP contribution in [0.15, 0.2) is 0 Å². The molecule has 1 fully saturated rings. The van der Waals surface area contributed by atoms with E-state index in [1.165, 1.54) is 25.7 Å². The van der Waals surface area contributed by atoms with Crippen LogP contribution in [0.5, 0.6) is 0 Å². The van der Waals surface area contributed by atoms with E-state index in [0.717, 1.165) is 13.1 Å². The van der Waals surface area contributed by atoms with Gasteiger partial charge in [0.05, 0.1) is 0 Å². The summed E-state index contributed by atoms with van der Waals surface area (Å²) in [6, 6.07) is 0.252. The molecule has 0 aromatic carbocycles. The van der Waals surface area contributed by atoms with Crippen molar-refractivity contribution in [3.8, 4) is 0 Å². The predicted octanol–water partition coefficient (Wildman–Crippen LogP) is 2.53. The minimum atomic E-state index is 0.212. The van der Waals surface area contributed by atoms with Crippen molar-refractivity contribution in [3.05, 3.63) is 0 Å². The summed E-state index contributed by atoms with van der Waals surface area (Å²) < 4.78 is 0. The molecule has 0 heterocycles. The van der Waals surface area contributed by atoms with Gasteiger partial charge in [-0.05, 0) is 23.7 Å². The molecule has 0 spiro atoms. The van der Waals surface area contributed by atoms with E-state index < -0.39 is 0 Å². The minimum Gasteiger partial charge on any atom is -0.326 e. The van der Waals surface area contributed by atoms with E-state index in [4.69, 9.17) is 5.73 Å². The maximum absolute atomic E-state index is 6.12. The fraction of sp³-hybridized carbons (Fsp3) is 1.00. The maximum atomic E-state index is 6.12. The molecule has 1 atom stereocenters. The highest BCUT2D eigenvalue weighted by Gasteiger charge is 2.28. The Hall–Kier alpha value is -0.0800. The van der Waals surface area contributed by atoms with E-state index in [9.17, 15) is 0 Å². The second-order valence-electron chi connectivity index (χ2n) is 6.62. The van der Waals surface area contributed by atoms with Crippen LogP contribution in [0.2, 0.25) is 0 Å². The summed E-state index contributed by atoms with van der Waals surface area (Å²) >= 11 is 0. The fourth-order valence-electron chi connectivity index (χ4n) is 2.24. The van der Waals surface area contributed by atoms with Crippen LogP contribution in [0.1, 0.15) is 53.4 Å². The SMILES string of the molecule is CC1(CNCC(N)C(C)(C)C)CCCC1. The highest BCUT2D eigenvalue weighted by molar-refractivity contribution is 4.84. The molecular formula is C13H28N2. The molecule has 1 aliphatic carbocycles. The summed E-state index contributed by atoms with van der Waals surface area (Å²) in [7, 11) is 0. The van der Waals surface area contributed by atoms with Gasteiger partial charge in [0.15, 0.2) is 0 Å². The first-order chi connectivity index (χ1) is 6.83. The fourth-order valence-corrected chi connectivity index (χ4v) is 2.24. The Morgan fingerprint density at radius 3 is 2.27 bits per heavy atom. The molecule has 0 aromatic heterocycles. The van der Waals surface area contributed by atoms with Gasteiger partial charge in [0.2, 0.25) is 0 Å². The summed E-state index contributed by atoms with van der Waals surface area (Å²) in [5.74, 6) is 0. The van der Waals surface area contributed by atoms with Crippen molar-refractivity contribution < 1.29 is 0 Å². The minimum absolute atomic E-state index is 0.212. The summed E-state index contributed by atoms with van der Waals surface area (Å²) in [5.41, 5.74) is 6.87. The van der Waals surface area contributed by atoms with Crippen LogP contribution in [0.25, 0.3) is 0 Å². The molecule has 0 radical (unpaired) electrons. The normalized spacial score (nSPS) is 23.0. The van der Waals surface area contributed by atoms with E-state index in [2.05, 4.69) is 33.0 Å². The summed E-state index contributed by atoms with van der Waals surface area (Å²) in [6.07, 6.45) is 5.57. The molecule has 0 amide bonds. The van der Waals surface area contributed by atoms with Crippen LogP contribution < -0.4 is 11.1 Å². The number of hydrogen-bond donors (Lipinski definition) is 2. The summed E-state index contributed by atoms with van der Waals surface area (Å²) in [5, 5.41) is 3.55. The van der Waals surface area contributed by atoms with Crippen molar-refractivity contribution in [2.75, 3.05) is 13.1 Å². The number of nitrogens with one attached hydrogen (secondary N) is 1. The van der Waals surface area contributed by atoms with E-state index >= 15 is 0 Å². The first kappa shape index (κ1) is 13.0. The van der Waals surface area contributed by atoms with Gasteiger partial charge in [0.1, 0.15) is 0 Å². The predicted molar refractivity (Wildman–Crippen MR) is 66.9 cm³/mol. The lowest BCUT2D eigenvalue weighted by Gasteiger charge is -2.30. The van der Waals surface area contributed by atoms with E-state index in [1.807, 2.05) is 0 Å². The van der Waals surface area contributed by atoms with Gasteiger partial charge >= 0.3 is 0 Å². The maximum Gasteiger partial charge on any atom is 0.0214 e. The van der Waals surface area contributed by atoms with Gasteiger partial charge in [-0.25, -0.2) is 0 Å². The molecular weight excluding hydrogens is 184 g/mol. The third-order valence-corrected chi connectivity index (χ3v) is 3.84. The molecule has 0 aliphatic heterocycles. The third-order valence-electron chi connectivity index (χ3n) is 3.84. The zero-order valence-corrected chi connectivity index (χ0v) is 10.9. The van der Waals surface area contributed by atoms with Gasteiger partial charge in [-0.1, -0.05) is 40.5 Å². The molecule has 1 aliphatic rings. The van der Waals surface area contributed by atoms with Crippen molar-refractivity contribution in [3.63, 3.8) is 0 Å². The Balaban J connectivity index is 2.21. The molecule has 15 heavy (non-hydrogen) atoms. The summed E-state index contributed by atoms with van der Waals surface area (Å²) in [4.78, 5) is 0. The average molecular weight is 212 g/mol. The summed E-state index contributed by atoms with van der Waals surface area (Å²) in [6.45, 7) is 11.1. The molecule has 1 rings (SSSR count). The molecule has 3 N–H and O–H groups in total. The van der Waals surface area contributed by atoms with Crippen LogP contribution in [0.3, 0.4) is 0 Å². The molecule has 2 heteroatoms. The molecule has 1 unspecified atom stereocenters. The van der Waals surface area contributed by atoms with Crippen molar-refractivity contribution in [1.29, 1.82) is 0 Å². The van der Waals surface area contributed by atoms with Crippen molar-refractivity contribution >= 4 is 0 Å². The Morgan fingerprint density at radius 1 is 1.27 bits per heavy atom. The third kappa shape index (κ3) is 4.12. The average Bonchev–Trinajstić information content (AvgIpc) is 2.50. The lowest BCUT2D eigenvalue weighted by atomic mass is 9.86. The molecule has 90 valence electrons. The second kappa shape index (κ2) is 4.84. The van der Waals surface area contributed by atoms with Crippen LogP contribution in [0.4, 0.5) is 0 Å². The number of rotatable bonds is 4. The molecule has 0 bridgehead atoms. The van der Waals surface area contributed by atoms with Gasteiger partial charge < -0.3 is 11.1 Å². The van der Waals surface area contributed by atoms with Gasteiger partial charge in [0.25, 0.3) is 0 Å². The van der Waals surface area contributed by atoms with Gasteiger partial charge in [-0.2, -0.15) is 0 Å². The second-order valence-corrected chi connectivity index (χ2v) is 6.62. The zero-order valence-electron chi connectivity index (χ0n) is 10.9. The van der Waals surface area contributed by atoms with E-state index in [-0.39, 0.29) is 11.5 Å². The zero-order chi connectivity index (χ0) is 11.5. The lowest BCUT2D eigenvalue weighted by Crippen LogP contribution is -2.45. The molecule has 0 saturated heterocycles. The van der Waals surface area contributed by atoms with Crippen molar-refractivity contribution in [2.24, 2.45) is 16.6 Å². The Labute approximate surface area is 95.0 Å². The smallest absolute Gasteiger partial charge is 0.0214 e. The van der Waals surface area contributed by atoms with Gasteiger partial charge in [0, 0.05) is 19.1 Å². The van der Waals surface area contributed by atoms with Crippen molar-refractivity contribution in [2.45, 2.75) is 59.4 Å². The number of hydrogen-bond acceptors (Lipinski definition) is 2. The Morgan fingerprint density at radius 2 is 1.80 bits per heavy atom. The first-order valence-electron chi connectivity index (χ1n) is 6.30. The molecule has 1 saturated carbocycles. The van der Waals surface area contributed by atoms with Gasteiger partial charge in [-0.3, -0.25) is 0 Å². The standard InChI is InChI=1S/C13H28N2/c1-12(2,3)11(14)9-15-10-13(4)7-5-6-8-13/h11,15H,5-10,14H2,1-4H3. The van der Waals surface area contributed by atoms with Crippen LogP contribution >= 0.6 is 0 Å². The van der Waals surface area contributed by atoms with Crippen LogP contribution in [-0.4, -0.2) is 19.1 Å². The molecule has 2 nitrogen and oxygen atoms in total. The lowest BCUT2D eigenvalue weighted by molar-refractivity contribution is 0.273. The topological polar surface area (TPSA) is 38.0 Å². The van der Waals surface area contributed by atoms with Crippen LogP contribution in [-0.2, 0) is 0 Å². The van der Waals surface area contributed by atoms with E-state index in [1.54, 1.807) is 0 Å². The van der Waals surface area contributed by atoms with E-state index in [0.29, 0.717) is 5.41 Å². The molecule has 0 aromatic rings. The quantitative estimate of drug-likeness (QED) is 0.751. The first-order valence-corrected chi connectivity index (χ1v) is 6.30. The Bertz CT molecular complexity index is 187. The largest absolute Gasteiger partial charge is 0.326 e. The van der Waals surface area contributed by atoms with Gasteiger partial charge in [-0.15, -0.1) is 0 Å². The number of nitrogens with two attached hydrogens (primary N) is 1. The highest BCUT2D eigenvalue weighted by atomic mass is 14.9.